The molecule has 1 aliphatic rings. The van der Waals surface area contributed by atoms with Gasteiger partial charge in [-0.05, 0) is 31.5 Å². The van der Waals surface area contributed by atoms with Gasteiger partial charge in [-0.15, -0.1) is 0 Å². The Bertz CT molecular complexity index is 970. The molecule has 0 bridgehead atoms. The third-order valence-corrected chi connectivity index (χ3v) is 5.34. The van der Waals surface area contributed by atoms with Crippen molar-refractivity contribution in [2.75, 3.05) is 26.2 Å². The second-order valence-corrected chi connectivity index (χ2v) is 7.28. The highest BCUT2D eigenvalue weighted by Crippen LogP contribution is 2.21. The molecule has 7 nitrogen and oxygen atoms in total. The molecule has 2 N–H and O–H groups in total. The van der Waals surface area contributed by atoms with Gasteiger partial charge in [0.15, 0.2) is 5.69 Å². The van der Waals surface area contributed by atoms with Crippen LogP contribution < -0.4 is 0 Å². The van der Waals surface area contributed by atoms with E-state index in [-0.39, 0.29) is 18.6 Å². The summed E-state index contributed by atoms with van der Waals surface area (Å²) in [5.41, 5.74) is 3.34. The van der Waals surface area contributed by atoms with Crippen LogP contribution in [-0.4, -0.2) is 68.3 Å². The molecule has 1 aromatic carbocycles. The van der Waals surface area contributed by atoms with Crippen LogP contribution in [0.15, 0.2) is 42.5 Å². The van der Waals surface area contributed by atoms with Gasteiger partial charge in [0.2, 0.25) is 0 Å². The summed E-state index contributed by atoms with van der Waals surface area (Å²) < 4.78 is 0. The van der Waals surface area contributed by atoms with E-state index in [1.165, 1.54) is 0 Å². The predicted molar refractivity (Wildman–Crippen MR) is 107 cm³/mol. The van der Waals surface area contributed by atoms with Gasteiger partial charge in [-0.2, -0.15) is 5.10 Å². The van der Waals surface area contributed by atoms with E-state index in [0.717, 1.165) is 35.4 Å². The van der Waals surface area contributed by atoms with Gasteiger partial charge < -0.3 is 10.0 Å². The molecule has 1 aliphatic heterocycles. The molecule has 1 amide bonds. The quantitative estimate of drug-likeness (QED) is 0.708. The fourth-order valence-electron chi connectivity index (χ4n) is 3.88. The van der Waals surface area contributed by atoms with E-state index in [2.05, 4.69) is 20.1 Å². The van der Waals surface area contributed by atoms with E-state index < -0.39 is 0 Å². The summed E-state index contributed by atoms with van der Waals surface area (Å²) in [5, 5.41) is 17.6. The van der Waals surface area contributed by atoms with E-state index >= 15 is 0 Å². The number of para-hydroxylation sites is 1. The molecule has 0 unspecified atom stereocenters. The van der Waals surface area contributed by atoms with Crippen LogP contribution in [0.5, 0.6) is 0 Å². The van der Waals surface area contributed by atoms with Gasteiger partial charge >= 0.3 is 0 Å². The second kappa shape index (κ2) is 8.08. The minimum Gasteiger partial charge on any atom is -0.396 e. The van der Waals surface area contributed by atoms with Crippen LogP contribution >= 0.6 is 0 Å². The topological polar surface area (TPSA) is 85.3 Å². The standard InChI is InChI=1S/C21H25N5O2/c1-15-5-4-6-16(22-15)13-25-10-11-26(14-17(25)9-12-27)21(28)20-18-7-2-3-8-19(18)23-24-20/h2-8,17,27H,9-14H2,1H3,(H,23,24)/t17-/m0/s1. The molecule has 146 valence electrons. The molecule has 28 heavy (non-hydrogen) atoms. The van der Waals surface area contributed by atoms with Crippen LogP contribution in [0.25, 0.3) is 10.9 Å². The Morgan fingerprint density at radius 3 is 2.89 bits per heavy atom. The lowest BCUT2D eigenvalue weighted by atomic mass is 10.1. The Labute approximate surface area is 164 Å². The lowest BCUT2D eigenvalue weighted by molar-refractivity contribution is 0.0388. The molecule has 3 heterocycles. The molecule has 0 saturated carbocycles. The highest BCUT2D eigenvalue weighted by molar-refractivity contribution is 6.04. The number of benzene rings is 1. The van der Waals surface area contributed by atoms with Gasteiger partial charge in [0, 0.05) is 49.9 Å². The number of hydrogen-bond donors (Lipinski definition) is 2. The number of carbonyl (C=O) groups is 1. The maximum atomic E-state index is 13.1. The van der Waals surface area contributed by atoms with Crippen molar-refractivity contribution in [1.29, 1.82) is 0 Å². The first-order chi connectivity index (χ1) is 13.7. The zero-order valence-corrected chi connectivity index (χ0v) is 16.0. The number of aromatic nitrogens is 3. The van der Waals surface area contributed by atoms with Gasteiger partial charge in [-0.25, -0.2) is 0 Å². The minimum absolute atomic E-state index is 0.0614. The largest absolute Gasteiger partial charge is 0.396 e. The third-order valence-electron chi connectivity index (χ3n) is 5.34. The number of H-pyrrole nitrogens is 1. The van der Waals surface area contributed by atoms with Crippen molar-refractivity contribution in [3.63, 3.8) is 0 Å². The van der Waals surface area contributed by atoms with Crippen molar-refractivity contribution >= 4 is 16.8 Å². The number of amides is 1. The molecule has 1 atom stereocenters. The molecule has 1 saturated heterocycles. The van der Waals surface area contributed by atoms with E-state index in [4.69, 9.17) is 0 Å². The Balaban J connectivity index is 1.50. The Kier molecular flexibility index (Phi) is 5.36. The van der Waals surface area contributed by atoms with E-state index in [9.17, 15) is 9.90 Å². The lowest BCUT2D eigenvalue weighted by Gasteiger charge is -2.41. The molecule has 7 heteroatoms. The zero-order valence-electron chi connectivity index (χ0n) is 16.0. The van der Waals surface area contributed by atoms with Crippen LogP contribution in [0, 0.1) is 6.92 Å². The first-order valence-electron chi connectivity index (χ1n) is 9.65. The Hall–Kier alpha value is -2.77. The van der Waals surface area contributed by atoms with Crippen LogP contribution in [0.4, 0.5) is 0 Å². The normalized spacial score (nSPS) is 17.9. The fraction of sp³-hybridized carbons (Fsp3) is 0.381. The molecule has 4 rings (SSSR count). The van der Waals surface area contributed by atoms with Crippen molar-refractivity contribution in [2.24, 2.45) is 0 Å². The lowest BCUT2D eigenvalue weighted by Crippen LogP contribution is -2.54. The number of aryl methyl sites for hydroxylation is 1. The molecule has 3 aromatic rings. The van der Waals surface area contributed by atoms with Crippen LogP contribution in [0.3, 0.4) is 0 Å². The molecule has 2 aromatic heterocycles. The summed E-state index contributed by atoms with van der Waals surface area (Å²) in [6.07, 6.45) is 0.622. The number of nitrogens with one attached hydrogen (secondary N) is 1. The fourth-order valence-corrected chi connectivity index (χ4v) is 3.88. The van der Waals surface area contributed by atoms with Gasteiger partial charge in [0.25, 0.3) is 5.91 Å². The molecular formula is C21H25N5O2. The van der Waals surface area contributed by atoms with Gasteiger partial charge in [0.05, 0.1) is 11.2 Å². The summed E-state index contributed by atoms with van der Waals surface area (Å²) in [7, 11) is 0. The SMILES string of the molecule is Cc1cccc(CN2CCN(C(=O)c3n[nH]c4ccccc34)C[C@@H]2CCO)n1. The van der Waals surface area contributed by atoms with Crippen molar-refractivity contribution in [1.82, 2.24) is 25.0 Å². The van der Waals surface area contributed by atoms with E-state index in [1.807, 2.05) is 54.3 Å². The minimum atomic E-state index is -0.0614. The van der Waals surface area contributed by atoms with E-state index in [1.54, 1.807) is 0 Å². The first kappa shape index (κ1) is 18.6. The number of piperazine rings is 1. The van der Waals surface area contributed by atoms with Crippen molar-refractivity contribution in [3.05, 3.63) is 59.5 Å². The number of nitrogens with zero attached hydrogens (tertiary/aromatic N) is 4. The maximum Gasteiger partial charge on any atom is 0.275 e. The summed E-state index contributed by atoms with van der Waals surface area (Å²) in [6.45, 7) is 4.75. The van der Waals surface area contributed by atoms with Crippen molar-refractivity contribution < 1.29 is 9.90 Å². The number of aliphatic hydroxyl groups excluding tert-OH is 1. The smallest absolute Gasteiger partial charge is 0.275 e. The number of carbonyl (C=O) groups excluding carboxylic acids is 1. The van der Waals surface area contributed by atoms with Crippen molar-refractivity contribution in [3.8, 4) is 0 Å². The van der Waals surface area contributed by atoms with Gasteiger partial charge in [-0.1, -0.05) is 24.3 Å². The molecular weight excluding hydrogens is 354 g/mol. The number of fused-ring (bicyclic) bond motifs is 1. The van der Waals surface area contributed by atoms with E-state index in [0.29, 0.717) is 25.2 Å². The average molecular weight is 379 g/mol. The predicted octanol–water partition coefficient (Wildman–Crippen LogP) is 1.98. The molecule has 0 spiro atoms. The third kappa shape index (κ3) is 3.76. The molecule has 0 radical (unpaired) electrons. The number of hydrogen-bond acceptors (Lipinski definition) is 5. The first-order valence-corrected chi connectivity index (χ1v) is 9.65. The summed E-state index contributed by atoms with van der Waals surface area (Å²) in [4.78, 5) is 21.8. The zero-order chi connectivity index (χ0) is 19.5. The summed E-state index contributed by atoms with van der Waals surface area (Å²) in [6, 6.07) is 13.8. The monoisotopic (exact) mass is 379 g/mol. The molecule has 1 fully saturated rings. The second-order valence-electron chi connectivity index (χ2n) is 7.28. The Morgan fingerprint density at radius 1 is 1.21 bits per heavy atom. The van der Waals surface area contributed by atoms with Gasteiger partial charge in [-0.3, -0.25) is 19.8 Å². The molecule has 0 aliphatic carbocycles. The summed E-state index contributed by atoms with van der Waals surface area (Å²) in [5.74, 6) is -0.0614. The summed E-state index contributed by atoms with van der Waals surface area (Å²) >= 11 is 0. The highest BCUT2D eigenvalue weighted by Gasteiger charge is 2.31. The van der Waals surface area contributed by atoms with Crippen LogP contribution in [0.2, 0.25) is 0 Å². The van der Waals surface area contributed by atoms with Crippen LogP contribution in [-0.2, 0) is 6.54 Å². The number of pyridine rings is 1. The number of aliphatic hydroxyl groups is 1. The number of aromatic amines is 1. The van der Waals surface area contributed by atoms with Gasteiger partial charge in [0.1, 0.15) is 0 Å². The maximum absolute atomic E-state index is 13.1. The average Bonchev–Trinajstić information content (AvgIpc) is 3.13. The highest BCUT2D eigenvalue weighted by atomic mass is 16.3. The van der Waals surface area contributed by atoms with Crippen molar-refractivity contribution in [2.45, 2.75) is 25.9 Å². The van der Waals surface area contributed by atoms with Crippen LogP contribution in [0.1, 0.15) is 28.3 Å². The number of rotatable bonds is 5. The Morgan fingerprint density at radius 2 is 2.07 bits per heavy atom.